The molecule has 0 radical (unpaired) electrons. The van der Waals surface area contributed by atoms with Gasteiger partial charge in [0.1, 0.15) is 0 Å². The van der Waals surface area contributed by atoms with Crippen molar-refractivity contribution >= 4 is 15.9 Å². The Morgan fingerprint density at radius 2 is 2.06 bits per heavy atom. The van der Waals surface area contributed by atoms with Gasteiger partial charge in [-0.25, -0.2) is 0 Å². The Kier molecular flexibility index (Phi) is 4.56. The van der Waals surface area contributed by atoms with E-state index in [2.05, 4.69) is 56.6 Å². The molecule has 1 aromatic rings. The van der Waals surface area contributed by atoms with Gasteiger partial charge in [-0.2, -0.15) is 0 Å². The van der Waals surface area contributed by atoms with E-state index in [-0.39, 0.29) is 0 Å². The third-order valence-electron chi connectivity index (χ3n) is 3.33. The van der Waals surface area contributed by atoms with Crippen molar-refractivity contribution in [2.75, 3.05) is 33.2 Å². The van der Waals surface area contributed by atoms with E-state index >= 15 is 0 Å². The van der Waals surface area contributed by atoms with Crippen molar-refractivity contribution in [2.45, 2.75) is 13.1 Å². The molecular formula is C13H20BrN3. The van der Waals surface area contributed by atoms with E-state index < -0.39 is 0 Å². The maximum Gasteiger partial charge on any atom is 0.0862 e. The summed E-state index contributed by atoms with van der Waals surface area (Å²) in [4.78, 5) is 2.49. The number of nitrogens with one attached hydrogen (secondary N) is 2. The predicted molar refractivity (Wildman–Crippen MR) is 75.1 cm³/mol. The van der Waals surface area contributed by atoms with Crippen molar-refractivity contribution in [3.8, 4) is 0 Å². The Bertz CT molecular complexity index is 375. The molecule has 1 aliphatic rings. The Balaban J connectivity index is 2.24. The molecule has 0 aliphatic carbocycles. The summed E-state index contributed by atoms with van der Waals surface area (Å²) in [5, 5.41) is 6.83. The van der Waals surface area contributed by atoms with Gasteiger partial charge < -0.3 is 10.6 Å². The van der Waals surface area contributed by atoms with Crippen LogP contribution in [0.4, 0.5) is 0 Å². The van der Waals surface area contributed by atoms with E-state index in [9.17, 15) is 0 Å². The first-order valence-corrected chi connectivity index (χ1v) is 6.90. The fourth-order valence-corrected chi connectivity index (χ4v) is 2.76. The molecule has 1 unspecified atom stereocenters. The Hall–Kier alpha value is -0.420. The van der Waals surface area contributed by atoms with Gasteiger partial charge in [-0.05, 0) is 37.2 Å². The lowest BCUT2D eigenvalue weighted by molar-refractivity contribution is 0.152. The Labute approximate surface area is 112 Å². The maximum absolute atomic E-state index is 3.56. The van der Waals surface area contributed by atoms with Crippen LogP contribution in [-0.4, -0.2) is 38.1 Å². The molecule has 0 amide bonds. The summed E-state index contributed by atoms with van der Waals surface area (Å²) in [6.07, 6.45) is 0.314. The molecule has 1 saturated heterocycles. The maximum atomic E-state index is 3.56. The molecule has 0 spiro atoms. The summed E-state index contributed by atoms with van der Waals surface area (Å²) in [5.41, 5.74) is 2.70. The second-order valence-electron chi connectivity index (χ2n) is 4.48. The third-order valence-corrected chi connectivity index (χ3v) is 3.82. The average molecular weight is 298 g/mol. The molecular weight excluding hydrogens is 278 g/mol. The van der Waals surface area contributed by atoms with Crippen LogP contribution in [-0.2, 0) is 0 Å². The molecule has 1 atom stereocenters. The highest BCUT2D eigenvalue weighted by Crippen LogP contribution is 2.24. The van der Waals surface area contributed by atoms with Crippen molar-refractivity contribution in [1.82, 2.24) is 15.5 Å². The summed E-state index contributed by atoms with van der Waals surface area (Å²) in [5.74, 6) is 0. The highest BCUT2D eigenvalue weighted by Gasteiger charge is 2.21. The molecule has 17 heavy (non-hydrogen) atoms. The monoisotopic (exact) mass is 297 g/mol. The van der Waals surface area contributed by atoms with Gasteiger partial charge in [0.05, 0.1) is 6.17 Å². The van der Waals surface area contributed by atoms with Gasteiger partial charge in [-0.3, -0.25) is 4.90 Å². The summed E-state index contributed by atoms with van der Waals surface area (Å²) in [6, 6.07) is 6.49. The number of halogens is 1. The van der Waals surface area contributed by atoms with Crippen LogP contribution in [0.15, 0.2) is 22.7 Å². The van der Waals surface area contributed by atoms with Crippen LogP contribution >= 0.6 is 15.9 Å². The van der Waals surface area contributed by atoms with Crippen molar-refractivity contribution in [2.24, 2.45) is 0 Å². The van der Waals surface area contributed by atoms with E-state index in [0.29, 0.717) is 6.17 Å². The molecule has 3 nitrogen and oxygen atoms in total. The number of rotatable bonds is 3. The standard InChI is InChI=1S/C13H20BrN3/c1-10-3-4-11(14)9-12(10)13(15-2)17-7-5-16-6-8-17/h3-4,9,13,15-16H,5-8H2,1-2H3. The molecule has 1 aromatic carbocycles. The van der Waals surface area contributed by atoms with Crippen LogP contribution in [0.25, 0.3) is 0 Å². The minimum Gasteiger partial charge on any atom is -0.314 e. The van der Waals surface area contributed by atoms with E-state index in [1.165, 1.54) is 11.1 Å². The van der Waals surface area contributed by atoms with Crippen molar-refractivity contribution in [3.05, 3.63) is 33.8 Å². The molecule has 2 rings (SSSR count). The lowest BCUT2D eigenvalue weighted by Gasteiger charge is -2.35. The first-order valence-electron chi connectivity index (χ1n) is 6.10. The zero-order chi connectivity index (χ0) is 12.3. The third kappa shape index (κ3) is 3.07. The van der Waals surface area contributed by atoms with Gasteiger partial charge in [0, 0.05) is 30.7 Å². The number of piperazine rings is 1. The second kappa shape index (κ2) is 5.96. The van der Waals surface area contributed by atoms with Crippen molar-refractivity contribution in [3.63, 3.8) is 0 Å². The number of nitrogens with zero attached hydrogens (tertiary/aromatic N) is 1. The first-order chi connectivity index (χ1) is 8.22. The molecule has 0 aromatic heterocycles. The summed E-state index contributed by atoms with van der Waals surface area (Å²) in [6.45, 7) is 6.51. The fraction of sp³-hybridized carbons (Fsp3) is 0.538. The second-order valence-corrected chi connectivity index (χ2v) is 5.39. The summed E-state index contributed by atoms with van der Waals surface area (Å²) in [7, 11) is 2.03. The van der Waals surface area contributed by atoms with Crippen LogP contribution in [0.1, 0.15) is 17.3 Å². The molecule has 1 aliphatic heterocycles. The number of hydrogen-bond donors (Lipinski definition) is 2. The first kappa shape index (κ1) is 13.0. The molecule has 4 heteroatoms. The minimum absolute atomic E-state index is 0.314. The van der Waals surface area contributed by atoms with E-state index in [4.69, 9.17) is 0 Å². The van der Waals surface area contributed by atoms with Gasteiger partial charge in [-0.1, -0.05) is 22.0 Å². The number of benzene rings is 1. The minimum atomic E-state index is 0.314. The van der Waals surface area contributed by atoms with Crippen molar-refractivity contribution in [1.29, 1.82) is 0 Å². The van der Waals surface area contributed by atoms with E-state index in [0.717, 1.165) is 30.7 Å². The zero-order valence-electron chi connectivity index (χ0n) is 10.5. The van der Waals surface area contributed by atoms with Gasteiger partial charge in [0.25, 0.3) is 0 Å². The zero-order valence-corrected chi connectivity index (χ0v) is 12.0. The molecule has 94 valence electrons. The molecule has 2 N–H and O–H groups in total. The van der Waals surface area contributed by atoms with Crippen LogP contribution in [0.3, 0.4) is 0 Å². The van der Waals surface area contributed by atoms with E-state index in [1.54, 1.807) is 0 Å². The van der Waals surface area contributed by atoms with Crippen molar-refractivity contribution < 1.29 is 0 Å². The predicted octanol–water partition coefficient (Wildman–Crippen LogP) is 1.88. The van der Waals surface area contributed by atoms with Crippen LogP contribution in [0.2, 0.25) is 0 Å². The number of aryl methyl sites for hydroxylation is 1. The number of hydrogen-bond acceptors (Lipinski definition) is 3. The summed E-state index contributed by atoms with van der Waals surface area (Å²) >= 11 is 3.56. The van der Waals surface area contributed by atoms with E-state index in [1.807, 2.05) is 7.05 Å². The lowest BCUT2D eigenvalue weighted by atomic mass is 10.0. The fourth-order valence-electron chi connectivity index (χ4n) is 2.38. The topological polar surface area (TPSA) is 27.3 Å². The van der Waals surface area contributed by atoms with Crippen LogP contribution in [0.5, 0.6) is 0 Å². The molecule has 0 saturated carbocycles. The largest absolute Gasteiger partial charge is 0.314 e. The highest BCUT2D eigenvalue weighted by atomic mass is 79.9. The van der Waals surface area contributed by atoms with Crippen LogP contribution in [0, 0.1) is 6.92 Å². The van der Waals surface area contributed by atoms with Gasteiger partial charge in [0.2, 0.25) is 0 Å². The average Bonchev–Trinajstić information content (AvgIpc) is 2.36. The molecule has 1 fully saturated rings. The normalized spacial score (nSPS) is 19.2. The van der Waals surface area contributed by atoms with Gasteiger partial charge in [0.15, 0.2) is 0 Å². The lowest BCUT2D eigenvalue weighted by Crippen LogP contribution is -2.48. The molecule has 1 heterocycles. The Morgan fingerprint density at radius 3 is 2.71 bits per heavy atom. The quantitative estimate of drug-likeness (QED) is 0.892. The van der Waals surface area contributed by atoms with Crippen LogP contribution < -0.4 is 10.6 Å². The SMILES string of the molecule is CNC(c1cc(Br)ccc1C)N1CCNCC1. The van der Waals surface area contributed by atoms with Gasteiger partial charge in [-0.15, -0.1) is 0 Å². The highest BCUT2D eigenvalue weighted by molar-refractivity contribution is 9.10. The summed E-state index contributed by atoms with van der Waals surface area (Å²) < 4.78 is 1.15. The van der Waals surface area contributed by atoms with Gasteiger partial charge >= 0.3 is 0 Å². The Morgan fingerprint density at radius 1 is 1.35 bits per heavy atom. The smallest absolute Gasteiger partial charge is 0.0862 e. The molecule has 0 bridgehead atoms.